The van der Waals surface area contributed by atoms with E-state index in [1.807, 2.05) is 0 Å². The van der Waals surface area contributed by atoms with Crippen molar-refractivity contribution < 1.29 is 61.3 Å². The summed E-state index contributed by atoms with van der Waals surface area (Å²) in [5, 5.41) is 42.3. The minimum absolute atomic E-state index is 0. The van der Waals surface area contributed by atoms with Crippen LogP contribution in [0.1, 0.15) is 41.4 Å². The van der Waals surface area contributed by atoms with Crippen molar-refractivity contribution in [2.75, 3.05) is 0 Å². The third-order valence-electron chi connectivity index (χ3n) is 5.15. The molecule has 4 aromatic rings. The van der Waals surface area contributed by atoms with E-state index < -0.39 is 23.9 Å². The molecule has 0 N–H and O–H groups in total. The Morgan fingerprint density at radius 3 is 0.568 bits per heavy atom. The Morgan fingerprint density at radius 1 is 0.324 bits per heavy atom. The zero-order valence-corrected chi connectivity index (χ0v) is 20.6. The van der Waals surface area contributed by atoms with Gasteiger partial charge in [-0.2, -0.15) is 0 Å². The van der Waals surface area contributed by atoms with Gasteiger partial charge in [-0.25, -0.2) is 0 Å². The fraction of sp³-hybridized carbons (Fsp3) is 0. The summed E-state index contributed by atoms with van der Waals surface area (Å²) in [5.74, 6) is -4.91. The molecule has 0 heterocycles. The smallest absolute Gasteiger partial charge is 0.545 e. The molecule has 4 rings (SSSR count). The first kappa shape index (κ1) is 28.7. The molecular formula is C28H16O8Ti. The molecule has 0 radical (unpaired) electrons. The second-order valence-corrected chi connectivity index (χ2v) is 7.46. The van der Waals surface area contributed by atoms with Crippen LogP contribution in [0.3, 0.4) is 0 Å². The average molecular weight is 528 g/mol. The molecule has 0 unspecified atom stereocenters. The minimum atomic E-state index is -1.23. The summed E-state index contributed by atoms with van der Waals surface area (Å²) in [7, 11) is 0. The maximum absolute atomic E-state index is 10.6. The Labute approximate surface area is 226 Å². The van der Waals surface area contributed by atoms with Crippen LogP contribution in [0, 0.1) is 0 Å². The molecular weight excluding hydrogens is 512 g/mol. The summed E-state index contributed by atoms with van der Waals surface area (Å²) in [6, 6.07) is 24.6. The van der Waals surface area contributed by atoms with Gasteiger partial charge in [0.15, 0.2) is 0 Å². The quantitative estimate of drug-likeness (QED) is 0.320. The van der Waals surface area contributed by atoms with E-state index in [9.17, 15) is 39.6 Å². The van der Waals surface area contributed by atoms with Gasteiger partial charge in [0, 0.05) is 0 Å². The summed E-state index contributed by atoms with van der Waals surface area (Å²) in [6.07, 6.45) is 0. The van der Waals surface area contributed by atoms with Gasteiger partial charge in [0.25, 0.3) is 0 Å². The Kier molecular flexibility index (Phi) is 10.1. The third-order valence-corrected chi connectivity index (χ3v) is 5.15. The van der Waals surface area contributed by atoms with Crippen LogP contribution < -0.4 is 20.4 Å². The summed E-state index contributed by atoms with van der Waals surface area (Å²) in [6.45, 7) is 0. The molecule has 4 aromatic carbocycles. The van der Waals surface area contributed by atoms with E-state index in [-0.39, 0.29) is 44.0 Å². The van der Waals surface area contributed by atoms with Crippen molar-refractivity contribution in [1.82, 2.24) is 0 Å². The predicted molar refractivity (Wildman–Crippen MR) is 121 cm³/mol. The Morgan fingerprint density at radius 2 is 0.459 bits per heavy atom. The topological polar surface area (TPSA) is 161 Å². The summed E-state index contributed by atoms with van der Waals surface area (Å²) < 4.78 is 0. The molecule has 0 spiro atoms. The van der Waals surface area contributed by atoms with E-state index in [1.165, 1.54) is 48.5 Å². The van der Waals surface area contributed by atoms with Crippen LogP contribution in [-0.4, -0.2) is 23.9 Å². The molecule has 0 amide bonds. The number of hydrogen-bond donors (Lipinski definition) is 0. The SMILES string of the molecule is O=C([O-])c1ccc(-c2ccc(C(=O)[O-])cc2)cc1.O=C([O-])c1ccc(-c2ccc(C(=O)[O-])cc2)cc1.[Ti+4]. The zero-order valence-electron chi connectivity index (χ0n) is 19.0. The van der Waals surface area contributed by atoms with Crippen LogP contribution >= 0.6 is 0 Å². The van der Waals surface area contributed by atoms with Gasteiger partial charge in [-0.05, 0) is 44.5 Å². The van der Waals surface area contributed by atoms with Gasteiger partial charge in [0.05, 0.1) is 23.9 Å². The standard InChI is InChI=1S/2C14H10O4.Ti/c2*15-13(16)11-5-1-9(2-6-11)10-3-7-12(8-4-10)14(17)18;/h2*1-8H,(H,15,16)(H,17,18);/q;;+4/p-4. The van der Waals surface area contributed by atoms with Crippen molar-refractivity contribution in [2.45, 2.75) is 0 Å². The first-order chi connectivity index (χ1) is 17.2. The largest absolute Gasteiger partial charge is 4.00 e. The van der Waals surface area contributed by atoms with Gasteiger partial charge < -0.3 is 39.6 Å². The molecule has 0 fully saturated rings. The van der Waals surface area contributed by atoms with E-state index in [2.05, 4.69) is 0 Å². The first-order valence-electron chi connectivity index (χ1n) is 10.4. The Balaban J connectivity index is 0.000000253. The van der Waals surface area contributed by atoms with Gasteiger partial charge in [-0.15, -0.1) is 0 Å². The van der Waals surface area contributed by atoms with Gasteiger partial charge in [-0.3, -0.25) is 0 Å². The fourth-order valence-electron chi connectivity index (χ4n) is 3.20. The van der Waals surface area contributed by atoms with Crippen LogP contribution in [-0.2, 0) is 21.7 Å². The molecule has 0 saturated carbocycles. The first-order valence-corrected chi connectivity index (χ1v) is 10.4. The van der Waals surface area contributed by atoms with Crippen LogP contribution in [0.25, 0.3) is 22.3 Å². The van der Waals surface area contributed by atoms with E-state index in [1.54, 1.807) is 48.5 Å². The van der Waals surface area contributed by atoms with E-state index in [0.717, 1.165) is 22.3 Å². The van der Waals surface area contributed by atoms with Crippen LogP contribution in [0.15, 0.2) is 97.1 Å². The monoisotopic (exact) mass is 528 g/mol. The second kappa shape index (κ2) is 13.0. The molecule has 0 saturated heterocycles. The predicted octanol–water partition coefficient (Wildman–Crippen LogP) is 0.159. The number of carbonyl (C=O) groups is 4. The number of carbonyl (C=O) groups excluding carboxylic acids is 4. The van der Waals surface area contributed by atoms with Crippen LogP contribution in [0.2, 0.25) is 0 Å². The van der Waals surface area contributed by atoms with Gasteiger partial charge in [0.1, 0.15) is 0 Å². The molecule has 180 valence electrons. The van der Waals surface area contributed by atoms with Gasteiger partial charge >= 0.3 is 21.7 Å². The van der Waals surface area contributed by atoms with Gasteiger partial charge in [0.2, 0.25) is 0 Å². The molecule has 0 atom stereocenters. The average Bonchev–Trinajstić information content (AvgIpc) is 2.89. The molecule has 9 heteroatoms. The molecule has 0 aliphatic carbocycles. The van der Waals surface area contributed by atoms with Crippen LogP contribution in [0.5, 0.6) is 0 Å². The number of carboxylic acids is 4. The second-order valence-electron chi connectivity index (χ2n) is 7.46. The summed E-state index contributed by atoms with van der Waals surface area (Å²) >= 11 is 0. The molecule has 8 nitrogen and oxygen atoms in total. The normalized spacial score (nSPS) is 9.73. The molecule has 0 aliphatic heterocycles. The maximum Gasteiger partial charge on any atom is 4.00 e. The van der Waals surface area contributed by atoms with E-state index in [0.29, 0.717) is 0 Å². The van der Waals surface area contributed by atoms with Crippen molar-refractivity contribution in [3.05, 3.63) is 119 Å². The molecule has 37 heavy (non-hydrogen) atoms. The number of hydrogen-bond acceptors (Lipinski definition) is 8. The Hall–Kier alpha value is -4.53. The molecule has 0 aliphatic rings. The zero-order chi connectivity index (χ0) is 26.2. The van der Waals surface area contributed by atoms with Crippen molar-refractivity contribution >= 4 is 23.9 Å². The van der Waals surface area contributed by atoms with E-state index in [4.69, 9.17) is 0 Å². The summed E-state index contributed by atoms with van der Waals surface area (Å²) in [5.41, 5.74) is 3.59. The Bertz CT molecular complexity index is 1170. The van der Waals surface area contributed by atoms with Gasteiger partial charge in [-0.1, -0.05) is 97.1 Å². The minimum Gasteiger partial charge on any atom is -0.545 e. The number of aromatic carboxylic acids is 4. The number of carboxylic acid groups (broad SMARTS) is 4. The summed E-state index contributed by atoms with van der Waals surface area (Å²) in [4.78, 5) is 42.3. The van der Waals surface area contributed by atoms with Crippen molar-refractivity contribution in [1.29, 1.82) is 0 Å². The maximum atomic E-state index is 10.6. The number of rotatable bonds is 6. The fourth-order valence-corrected chi connectivity index (χ4v) is 3.20. The van der Waals surface area contributed by atoms with Crippen molar-refractivity contribution in [2.24, 2.45) is 0 Å². The van der Waals surface area contributed by atoms with Crippen LogP contribution in [0.4, 0.5) is 0 Å². The molecule has 0 aromatic heterocycles. The van der Waals surface area contributed by atoms with Crippen molar-refractivity contribution in [3.8, 4) is 22.3 Å². The van der Waals surface area contributed by atoms with Crippen molar-refractivity contribution in [3.63, 3.8) is 0 Å². The molecule has 0 bridgehead atoms. The third kappa shape index (κ3) is 7.73. The number of benzene rings is 4. The van der Waals surface area contributed by atoms with E-state index >= 15 is 0 Å².